The molecule has 1 fully saturated rings. The SMILES string of the molecule is COc1ccc(N=C2SC(C(=O)Nc3cccc(C)c3)CC(=O)N2C)cc1. The Morgan fingerprint density at radius 1 is 1.26 bits per heavy atom. The van der Waals surface area contributed by atoms with Gasteiger partial charge in [0.05, 0.1) is 12.8 Å². The average Bonchev–Trinajstić information content (AvgIpc) is 2.66. The number of methoxy groups -OCH3 is 1. The number of ether oxygens (including phenoxy) is 1. The Morgan fingerprint density at radius 2 is 2.00 bits per heavy atom. The van der Waals surface area contributed by atoms with Crippen molar-refractivity contribution in [1.82, 2.24) is 4.90 Å². The summed E-state index contributed by atoms with van der Waals surface area (Å²) in [5.74, 6) is 0.398. The van der Waals surface area contributed by atoms with Crippen LogP contribution in [0, 0.1) is 6.92 Å². The summed E-state index contributed by atoms with van der Waals surface area (Å²) in [6.45, 7) is 1.96. The predicted molar refractivity (Wildman–Crippen MR) is 109 cm³/mol. The minimum absolute atomic E-state index is 0.134. The normalized spacial score (nSPS) is 18.5. The molecular formula is C20H21N3O3S. The lowest BCUT2D eigenvalue weighted by molar-refractivity contribution is -0.128. The molecule has 1 aliphatic heterocycles. The second kappa shape index (κ2) is 8.26. The Morgan fingerprint density at radius 3 is 2.67 bits per heavy atom. The lowest BCUT2D eigenvalue weighted by atomic mass is 10.2. The number of amides is 2. The highest BCUT2D eigenvalue weighted by Gasteiger charge is 2.34. The van der Waals surface area contributed by atoms with E-state index in [1.54, 1.807) is 38.4 Å². The molecule has 1 unspecified atom stereocenters. The number of nitrogens with zero attached hydrogens (tertiary/aromatic N) is 2. The highest BCUT2D eigenvalue weighted by Crippen LogP contribution is 2.29. The number of aliphatic imine (C=N–C) groups is 1. The molecule has 6 nitrogen and oxygen atoms in total. The number of hydrogen-bond donors (Lipinski definition) is 1. The highest BCUT2D eigenvalue weighted by atomic mass is 32.2. The van der Waals surface area contributed by atoms with Gasteiger partial charge in [-0.3, -0.25) is 14.5 Å². The summed E-state index contributed by atoms with van der Waals surface area (Å²) >= 11 is 1.29. The molecule has 1 heterocycles. The van der Waals surface area contributed by atoms with E-state index in [-0.39, 0.29) is 18.2 Å². The maximum atomic E-state index is 12.6. The first-order chi connectivity index (χ1) is 13.0. The summed E-state index contributed by atoms with van der Waals surface area (Å²) in [5.41, 5.74) is 2.47. The lowest BCUT2D eigenvalue weighted by Gasteiger charge is -2.28. The van der Waals surface area contributed by atoms with Gasteiger partial charge in [-0.15, -0.1) is 0 Å². The summed E-state index contributed by atoms with van der Waals surface area (Å²) in [5, 5.41) is 2.86. The fourth-order valence-corrected chi connectivity index (χ4v) is 3.67. The van der Waals surface area contributed by atoms with Gasteiger partial charge in [0, 0.05) is 19.2 Å². The first-order valence-electron chi connectivity index (χ1n) is 8.50. The Kier molecular flexibility index (Phi) is 5.81. The van der Waals surface area contributed by atoms with E-state index in [2.05, 4.69) is 10.3 Å². The zero-order valence-corrected chi connectivity index (χ0v) is 16.2. The molecule has 0 spiro atoms. The van der Waals surface area contributed by atoms with Crippen molar-refractivity contribution in [3.8, 4) is 5.75 Å². The highest BCUT2D eigenvalue weighted by molar-refractivity contribution is 8.15. The fraction of sp³-hybridized carbons (Fsp3) is 0.250. The van der Waals surface area contributed by atoms with Crippen molar-refractivity contribution in [3.63, 3.8) is 0 Å². The minimum atomic E-state index is -0.522. The van der Waals surface area contributed by atoms with E-state index in [4.69, 9.17) is 4.74 Å². The van der Waals surface area contributed by atoms with E-state index in [1.807, 2.05) is 31.2 Å². The largest absolute Gasteiger partial charge is 0.497 e. The van der Waals surface area contributed by atoms with Crippen LogP contribution < -0.4 is 10.1 Å². The summed E-state index contributed by atoms with van der Waals surface area (Å²) < 4.78 is 5.14. The number of aryl methyl sites for hydroxylation is 1. The Hall–Kier alpha value is -2.80. The molecule has 7 heteroatoms. The number of rotatable bonds is 4. The van der Waals surface area contributed by atoms with Gasteiger partial charge in [-0.05, 0) is 48.9 Å². The molecule has 2 aromatic rings. The van der Waals surface area contributed by atoms with Crippen LogP contribution >= 0.6 is 11.8 Å². The minimum Gasteiger partial charge on any atom is -0.497 e. The quantitative estimate of drug-likeness (QED) is 0.876. The number of thioether (sulfide) groups is 1. The second-order valence-corrected chi connectivity index (χ2v) is 7.38. The van der Waals surface area contributed by atoms with Gasteiger partial charge in [-0.25, -0.2) is 4.99 Å². The molecule has 1 saturated heterocycles. The molecule has 1 N–H and O–H groups in total. The zero-order valence-electron chi connectivity index (χ0n) is 15.4. The maximum Gasteiger partial charge on any atom is 0.238 e. The van der Waals surface area contributed by atoms with Crippen molar-refractivity contribution in [3.05, 3.63) is 54.1 Å². The first-order valence-corrected chi connectivity index (χ1v) is 9.37. The Balaban J connectivity index is 1.76. The molecule has 2 aromatic carbocycles. The molecular weight excluding hydrogens is 362 g/mol. The van der Waals surface area contributed by atoms with Crippen LogP contribution in [0.4, 0.5) is 11.4 Å². The number of anilines is 1. The molecule has 1 atom stereocenters. The molecule has 0 aromatic heterocycles. The Labute approximate surface area is 162 Å². The van der Waals surface area contributed by atoms with Crippen LogP contribution in [0.2, 0.25) is 0 Å². The van der Waals surface area contributed by atoms with E-state index in [1.165, 1.54) is 16.7 Å². The van der Waals surface area contributed by atoms with Crippen LogP contribution in [0.5, 0.6) is 5.75 Å². The van der Waals surface area contributed by atoms with E-state index in [0.29, 0.717) is 10.9 Å². The number of amidine groups is 1. The molecule has 0 aliphatic carbocycles. The molecule has 0 saturated carbocycles. The zero-order chi connectivity index (χ0) is 19.4. The van der Waals surface area contributed by atoms with Gasteiger partial charge in [0.1, 0.15) is 11.0 Å². The summed E-state index contributed by atoms with van der Waals surface area (Å²) in [7, 11) is 3.27. The van der Waals surface area contributed by atoms with Gasteiger partial charge < -0.3 is 10.1 Å². The van der Waals surface area contributed by atoms with Gasteiger partial charge in [0.2, 0.25) is 11.8 Å². The second-order valence-electron chi connectivity index (χ2n) is 6.21. The first kappa shape index (κ1) is 19.0. The van der Waals surface area contributed by atoms with Crippen molar-refractivity contribution in [2.75, 3.05) is 19.5 Å². The summed E-state index contributed by atoms with van der Waals surface area (Å²) in [6, 6.07) is 14.8. The van der Waals surface area contributed by atoms with Gasteiger partial charge in [0.15, 0.2) is 5.17 Å². The van der Waals surface area contributed by atoms with Crippen molar-refractivity contribution in [2.45, 2.75) is 18.6 Å². The maximum absolute atomic E-state index is 12.6. The summed E-state index contributed by atoms with van der Waals surface area (Å²) in [6.07, 6.45) is 0.139. The van der Waals surface area contributed by atoms with Crippen molar-refractivity contribution in [2.24, 2.45) is 4.99 Å². The van der Waals surface area contributed by atoms with Crippen LogP contribution in [-0.4, -0.2) is 41.3 Å². The molecule has 0 bridgehead atoms. The monoisotopic (exact) mass is 383 g/mol. The van der Waals surface area contributed by atoms with Crippen molar-refractivity contribution in [1.29, 1.82) is 0 Å². The van der Waals surface area contributed by atoms with Crippen molar-refractivity contribution >= 4 is 40.1 Å². The smallest absolute Gasteiger partial charge is 0.238 e. The van der Waals surface area contributed by atoms with Gasteiger partial charge in [0.25, 0.3) is 0 Å². The average molecular weight is 383 g/mol. The van der Waals surface area contributed by atoms with E-state index < -0.39 is 5.25 Å². The van der Waals surface area contributed by atoms with Crippen LogP contribution in [0.25, 0.3) is 0 Å². The fourth-order valence-electron chi connectivity index (χ4n) is 2.61. The number of hydrogen-bond acceptors (Lipinski definition) is 5. The predicted octanol–water partition coefficient (Wildman–Crippen LogP) is 3.59. The number of carbonyl (C=O) groups excluding carboxylic acids is 2. The van der Waals surface area contributed by atoms with Gasteiger partial charge in [-0.1, -0.05) is 23.9 Å². The van der Waals surface area contributed by atoms with Crippen LogP contribution in [0.15, 0.2) is 53.5 Å². The Bertz CT molecular complexity index is 880. The van der Waals surface area contributed by atoms with Gasteiger partial charge in [-0.2, -0.15) is 0 Å². The molecule has 1 aliphatic rings. The van der Waals surface area contributed by atoms with E-state index >= 15 is 0 Å². The third-order valence-corrected chi connectivity index (χ3v) is 5.39. The van der Waals surface area contributed by atoms with Crippen molar-refractivity contribution < 1.29 is 14.3 Å². The standard InChI is InChI=1S/C20H21N3O3S/c1-13-5-4-6-15(11-13)21-19(25)17-12-18(24)23(2)20(27-17)22-14-7-9-16(26-3)10-8-14/h4-11,17H,12H2,1-3H3,(H,21,25). The van der Waals surface area contributed by atoms with Gasteiger partial charge >= 0.3 is 0 Å². The number of carbonyl (C=O) groups is 2. The van der Waals surface area contributed by atoms with E-state index in [0.717, 1.165) is 17.0 Å². The lowest BCUT2D eigenvalue weighted by Crippen LogP contribution is -2.43. The molecule has 2 amide bonds. The molecule has 140 valence electrons. The third-order valence-electron chi connectivity index (χ3n) is 4.14. The molecule has 3 rings (SSSR count). The molecule has 27 heavy (non-hydrogen) atoms. The molecule has 0 radical (unpaired) electrons. The summed E-state index contributed by atoms with van der Waals surface area (Å²) in [4.78, 5) is 31.0. The van der Waals surface area contributed by atoms with Crippen LogP contribution in [-0.2, 0) is 9.59 Å². The van der Waals surface area contributed by atoms with Crippen LogP contribution in [0.1, 0.15) is 12.0 Å². The number of benzene rings is 2. The van der Waals surface area contributed by atoms with E-state index in [9.17, 15) is 9.59 Å². The number of nitrogens with one attached hydrogen (secondary N) is 1. The van der Waals surface area contributed by atoms with Crippen LogP contribution in [0.3, 0.4) is 0 Å². The topological polar surface area (TPSA) is 71.0 Å². The third kappa shape index (κ3) is 4.68.